The van der Waals surface area contributed by atoms with Crippen molar-refractivity contribution in [3.63, 3.8) is 0 Å². The minimum Gasteiger partial charge on any atom is -0.476 e. The zero-order valence-corrected chi connectivity index (χ0v) is 13.4. The number of nitrogens with one attached hydrogen (secondary N) is 1. The predicted octanol–water partition coefficient (Wildman–Crippen LogP) is 3.77. The van der Waals surface area contributed by atoms with E-state index in [1.54, 1.807) is 0 Å². The number of carbonyl (C=O) groups is 1. The highest BCUT2D eigenvalue weighted by Crippen LogP contribution is 2.30. The van der Waals surface area contributed by atoms with Crippen LogP contribution in [0, 0.1) is 18.2 Å². The van der Waals surface area contributed by atoms with Gasteiger partial charge in [-0.25, -0.2) is 4.39 Å². The molecule has 2 unspecified atom stereocenters. The number of alkyl halides is 1. The van der Waals surface area contributed by atoms with E-state index in [0.717, 1.165) is 31.7 Å². The van der Waals surface area contributed by atoms with E-state index < -0.39 is 11.7 Å². The van der Waals surface area contributed by atoms with Gasteiger partial charge < -0.3 is 10.1 Å². The fourth-order valence-corrected chi connectivity index (χ4v) is 3.05. The predicted molar refractivity (Wildman–Crippen MR) is 85.1 cm³/mol. The molecule has 0 bridgehead atoms. The number of ether oxygens (including phenoxy) is 1. The maximum absolute atomic E-state index is 14.0. The van der Waals surface area contributed by atoms with Crippen molar-refractivity contribution in [3.8, 4) is 18.1 Å². The maximum Gasteiger partial charge on any atom is 0.251 e. The topological polar surface area (TPSA) is 38.3 Å². The smallest absolute Gasteiger partial charge is 0.251 e. The Kier molecular flexibility index (Phi) is 5.93. The molecule has 2 rings (SSSR count). The Labute approximate surface area is 139 Å². The normalized spacial score (nSPS) is 21.0. The molecular formula is C16H16Cl2FNO2. The second kappa shape index (κ2) is 7.71. The lowest BCUT2D eigenvalue weighted by atomic mass is 9.94. The molecule has 22 heavy (non-hydrogen) atoms. The third kappa shape index (κ3) is 4.06. The van der Waals surface area contributed by atoms with Crippen molar-refractivity contribution < 1.29 is 13.9 Å². The molecule has 1 aromatic carbocycles. The van der Waals surface area contributed by atoms with Gasteiger partial charge in [0, 0.05) is 11.6 Å². The molecule has 6 heteroatoms. The van der Waals surface area contributed by atoms with Crippen LogP contribution in [-0.4, -0.2) is 23.9 Å². The van der Waals surface area contributed by atoms with Gasteiger partial charge in [0.05, 0.1) is 10.4 Å². The minimum absolute atomic E-state index is 0.00599. The molecule has 118 valence electrons. The summed E-state index contributed by atoms with van der Waals surface area (Å²) in [5, 5.41) is 2.74. The zero-order valence-electron chi connectivity index (χ0n) is 11.9. The van der Waals surface area contributed by atoms with E-state index in [-0.39, 0.29) is 34.4 Å². The third-order valence-corrected chi connectivity index (χ3v) is 4.36. The van der Waals surface area contributed by atoms with E-state index in [2.05, 4.69) is 11.2 Å². The zero-order chi connectivity index (χ0) is 16.1. The second-order valence-corrected chi connectivity index (χ2v) is 6.11. The van der Waals surface area contributed by atoms with Crippen molar-refractivity contribution in [2.75, 3.05) is 6.61 Å². The van der Waals surface area contributed by atoms with Crippen LogP contribution in [0.1, 0.15) is 36.0 Å². The summed E-state index contributed by atoms with van der Waals surface area (Å²) in [6, 6.07) is 2.33. The number of hydrogen-bond acceptors (Lipinski definition) is 2. The molecule has 0 spiro atoms. The molecule has 1 N–H and O–H groups in total. The van der Waals surface area contributed by atoms with Crippen molar-refractivity contribution in [1.29, 1.82) is 0 Å². The highest BCUT2D eigenvalue weighted by Gasteiger charge is 2.25. The number of carbonyl (C=O) groups excluding carboxylic acids is 1. The van der Waals surface area contributed by atoms with Crippen molar-refractivity contribution in [2.24, 2.45) is 0 Å². The van der Waals surface area contributed by atoms with Gasteiger partial charge in [-0.05, 0) is 25.0 Å². The summed E-state index contributed by atoms with van der Waals surface area (Å²) in [4.78, 5) is 12.2. The summed E-state index contributed by atoms with van der Waals surface area (Å²) in [6.07, 6.45) is 8.81. The fraction of sp³-hybridized carbons (Fsp3) is 0.438. The van der Waals surface area contributed by atoms with Gasteiger partial charge in [-0.1, -0.05) is 30.4 Å². The number of rotatable bonds is 4. The second-order valence-electron chi connectivity index (χ2n) is 5.14. The van der Waals surface area contributed by atoms with Crippen molar-refractivity contribution in [1.82, 2.24) is 5.32 Å². The fourth-order valence-electron chi connectivity index (χ4n) is 2.44. The molecule has 1 fully saturated rings. The molecule has 0 aromatic heterocycles. The number of benzene rings is 1. The highest BCUT2D eigenvalue weighted by molar-refractivity contribution is 6.32. The molecule has 0 heterocycles. The van der Waals surface area contributed by atoms with Crippen LogP contribution in [0.25, 0.3) is 0 Å². The number of hydrogen-bond donors (Lipinski definition) is 1. The monoisotopic (exact) mass is 343 g/mol. The molecule has 2 atom stereocenters. The number of terminal acetylenes is 1. The summed E-state index contributed by atoms with van der Waals surface area (Å²) in [6.45, 7) is -0.0990. The quantitative estimate of drug-likeness (QED) is 0.667. The molecular weight excluding hydrogens is 328 g/mol. The largest absolute Gasteiger partial charge is 0.476 e. The Morgan fingerprint density at radius 3 is 2.82 bits per heavy atom. The molecule has 0 radical (unpaired) electrons. The molecule has 1 saturated carbocycles. The van der Waals surface area contributed by atoms with E-state index in [9.17, 15) is 9.18 Å². The first-order valence-electron chi connectivity index (χ1n) is 7.03. The molecule has 0 aliphatic heterocycles. The summed E-state index contributed by atoms with van der Waals surface area (Å²) >= 11 is 12.2. The van der Waals surface area contributed by atoms with Crippen LogP contribution in [0.15, 0.2) is 12.1 Å². The Morgan fingerprint density at radius 2 is 2.18 bits per heavy atom. The first kappa shape index (κ1) is 16.9. The van der Waals surface area contributed by atoms with E-state index in [4.69, 9.17) is 34.4 Å². The summed E-state index contributed by atoms with van der Waals surface area (Å²) in [5.41, 5.74) is 0.130. The molecule has 3 nitrogen and oxygen atoms in total. The standard InChI is InChI=1S/C16H16Cl2FNO2/c1-2-7-22-15-12(18)8-10(9-13(15)19)16(21)20-14-6-4-3-5-11(14)17/h1,8-9,11,14H,3-7H2,(H,20,21). The van der Waals surface area contributed by atoms with Crippen LogP contribution in [-0.2, 0) is 0 Å². The van der Waals surface area contributed by atoms with Gasteiger partial charge in [-0.2, -0.15) is 0 Å². The molecule has 0 saturated heterocycles. The van der Waals surface area contributed by atoms with Crippen molar-refractivity contribution in [2.45, 2.75) is 37.1 Å². The average Bonchev–Trinajstić information content (AvgIpc) is 2.48. The molecule has 1 aliphatic carbocycles. The minimum atomic E-state index is -0.723. The molecule has 1 aliphatic rings. The van der Waals surface area contributed by atoms with Crippen LogP contribution < -0.4 is 10.1 Å². The van der Waals surface area contributed by atoms with Crippen LogP contribution >= 0.6 is 23.2 Å². The van der Waals surface area contributed by atoms with Crippen molar-refractivity contribution >= 4 is 29.1 Å². The van der Waals surface area contributed by atoms with Crippen LogP contribution in [0.3, 0.4) is 0 Å². The van der Waals surface area contributed by atoms with E-state index in [0.29, 0.717) is 0 Å². The number of halogens is 3. The third-order valence-electron chi connectivity index (χ3n) is 3.56. The van der Waals surface area contributed by atoms with Crippen LogP contribution in [0.5, 0.6) is 5.75 Å². The SMILES string of the molecule is C#CCOc1c(F)cc(C(=O)NC2CCCCC2Cl)cc1Cl. The van der Waals surface area contributed by atoms with Gasteiger partial charge in [0.1, 0.15) is 6.61 Å². The lowest BCUT2D eigenvalue weighted by molar-refractivity contribution is 0.0928. The van der Waals surface area contributed by atoms with Gasteiger partial charge in [0.2, 0.25) is 0 Å². The highest BCUT2D eigenvalue weighted by atomic mass is 35.5. The van der Waals surface area contributed by atoms with Gasteiger partial charge in [-0.3, -0.25) is 4.79 Å². The van der Waals surface area contributed by atoms with Crippen molar-refractivity contribution in [3.05, 3.63) is 28.5 Å². The van der Waals surface area contributed by atoms with E-state index in [1.165, 1.54) is 6.07 Å². The molecule has 1 aromatic rings. The lowest BCUT2D eigenvalue weighted by Crippen LogP contribution is -2.42. The lowest BCUT2D eigenvalue weighted by Gasteiger charge is -2.27. The van der Waals surface area contributed by atoms with Gasteiger partial charge in [-0.15, -0.1) is 18.0 Å². The summed E-state index contributed by atoms with van der Waals surface area (Å²) in [5.74, 6) is 0.952. The number of amides is 1. The Morgan fingerprint density at radius 1 is 1.45 bits per heavy atom. The Bertz CT molecular complexity index is 577. The summed E-state index contributed by atoms with van der Waals surface area (Å²) < 4.78 is 19.0. The first-order chi connectivity index (χ1) is 10.5. The maximum atomic E-state index is 14.0. The molecule has 1 amide bonds. The van der Waals surface area contributed by atoms with Gasteiger partial charge >= 0.3 is 0 Å². The van der Waals surface area contributed by atoms with E-state index >= 15 is 0 Å². The Balaban J connectivity index is 2.11. The summed E-state index contributed by atoms with van der Waals surface area (Å²) in [7, 11) is 0. The first-order valence-corrected chi connectivity index (χ1v) is 7.84. The van der Waals surface area contributed by atoms with Gasteiger partial charge in [0.25, 0.3) is 5.91 Å². The van der Waals surface area contributed by atoms with Crippen LogP contribution in [0.4, 0.5) is 4.39 Å². The van der Waals surface area contributed by atoms with E-state index in [1.807, 2.05) is 0 Å². The average molecular weight is 344 g/mol. The Hall–Kier alpha value is -1.44. The van der Waals surface area contributed by atoms with Crippen LogP contribution in [0.2, 0.25) is 5.02 Å². The van der Waals surface area contributed by atoms with Gasteiger partial charge in [0.15, 0.2) is 11.6 Å².